The third-order valence-corrected chi connectivity index (χ3v) is 3.45. The Morgan fingerprint density at radius 2 is 2.29 bits per heavy atom. The fourth-order valence-corrected chi connectivity index (χ4v) is 2.34. The van der Waals surface area contributed by atoms with Crippen molar-refractivity contribution in [3.8, 4) is 0 Å². The summed E-state index contributed by atoms with van der Waals surface area (Å²) in [6.45, 7) is 1.70. The minimum atomic E-state index is -0.983. The Labute approximate surface area is 106 Å². The van der Waals surface area contributed by atoms with E-state index in [4.69, 9.17) is 5.11 Å². The number of pyridine rings is 1. The number of hydrogen-bond acceptors (Lipinski definition) is 3. The maximum Gasteiger partial charge on any atom is 0.356 e. The second-order valence-corrected chi connectivity index (χ2v) is 5.00. The number of aromatic nitrogens is 2. The molecule has 0 atom stereocenters. The van der Waals surface area contributed by atoms with Gasteiger partial charge in [0, 0.05) is 29.7 Å². The van der Waals surface area contributed by atoms with Gasteiger partial charge in [0.2, 0.25) is 0 Å². The van der Waals surface area contributed by atoms with Gasteiger partial charge in [-0.05, 0) is 28.1 Å². The Kier molecular flexibility index (Phi) is 2.41. The molecule has 88 valence electrons. The number of imidazole rings is 1. The van der Waals surface area contributed by atoms with E-state index in [0.717, 1.165) is 23.4 Å². The summed E-state index contributed by atoms with van der Waals surface area (Å²) < 4.78 is 2.77. The molecule has 0 radical (unpaired) electrons. The van der Waals surface area contributed by atoms with Crippen LogP contribution in [0.2, 0.25) is 0 Å². The standard InChI is InChI=1S/C11H10BrN3O2/c12-7-1-2-8-9(11(16)17)14-10(15(8)5-7)6-3-13-4-6/h1-2,5-6,13H,3-4H2,(H,16,17). The van der Waals surface area contributed by atoms with Gasteiger partial charge in [0.1, 0.15) is 5.82 Å². The number of hydrogen-bond donors (Lipinski definition) is 2. The number of aromatic carboxylic acids is 1. The van der Waals surface area contributed by atoms with Crippen molar-refractivity contribution >= 4 is 27.4 Å². The van der Waals surface area contributed by atoms with Gasteiger partial charge in [0.15, 0.2) is 5.69 Å². The molecule has 0 unspecified atom stereocenters. The molecule has 1 fully saturated rings. The molecule has 2 aromatic rings. The second kappa shape index (κ2) is 3.82. The number of carboxylic acid groups (broad SMARTS) is 1. The van der Waals surface area contributed by atoms with E-state index in [1.165, 1.54) is 0 Å². The van der Waals surface area contributed by atoms with Crippen LogP contribution in [0.4, 0.5) is 0 Å². The molecule has 1 aliphatic heterocycles. The molecule has 17 heavy (non-hydrogen) atoms. The highest BCUT2D eigenvalue weighted by Gasteiger charge is 2.26. The first-order valence-electron chi connectivity index (χ1n) is 5.28. The molecule has 0 saturated carbocycles. The zero-order valence-electron chi connectivity index (χ0n) is 8.85. The van der Waals surface area contributed by atoms with Crippen LogP contribution in [0.25, 0.3) is 5.52 Å². The summed E-state index contributed by atoms with van der Waals surface area (Å²) in [5, 5.41) is 12.3. The molecular weight excluding hydrogens is 286 g/mol. The summed E-state index contributed by atoms with van der Waals surface area (Å²) >= 11 is 3.39. The highest BCUT2D eigenvalue weighted by Crippen LogP contribution is 2.24. The topological polar surface area (TPSA) is 66.6 Å². The summed E-state index contributed by atoms with van der Waals surface area (Å²) in [5.74, 6) is 0.130. The van der Waals surface area contributed by atoms with Crippen molar-refractivity contribution in [3.63, 3.8) is 0 Å². The van der Waals surface area contributed by atoms with Crippen molar-refractivity contribution in [1.29, 1.82) is 0 Å². The van der Waals surface area contributed by atoms with Crippen LogP contribution in [0.3, 0.4) is 0 Å². The zero-order valence-corrected chi connectivity index (χ0v) is 10.4. The van der Waals surface area contributed by atoms with Crippen LogP contribution in [0.1, 0.15) is 22.2 Å². The number of nitrogens with one attached hydrogen (secondary N) is 1. The molecule has 3 rings (SSSR count). The molecule has 1 aliphatic rings. The molecule has 2 N–H and O–H groups in total. The van der Waals surface area contributed by atoms with Gasteiger partial charge in [-0.25, -0.2) is 9.78 Å². The Morgan fingerprint density at radius 1 is 1.53 bits per heavy atom. The number of halogens is 1. The lowest BCUT2D eigenvalue weighted by Gasteiger charge is -2.25. The number of fused-ring (bicyclic) bond motifs is 1. The molecule has 0 spiro atoms. The molecule has 0 amide bonds. The fourth-order valence-electron chi connectivity index (χ4n) is 2.00. The van der Waals surface area contributed by atoms with Crippen molar-refractivity contribution in [2.24, 2.45) is 0 Å². The summed E-state index contributed by atoms with van der Waals surface area (Å²) in [4.78, 5) is 15.4. The Bertz CT molecular complexity index is 604. The molecule has 3 heterocycles. The Morgan fingerprint density at radius 3 is 2.88 bits per heavy atom. The van der Waals surface area contributed by atoms with Gasteiger partial charge in [-0.3, -0.25) is 0 Å². The number of carboxylic acids is 1. The number of rotatable bonds is 2. The molecule has 5 nitrogen and oxygen atoms in total. The fraction of sp³-hybridized carbons (Fsp3) is 0.273. The monoisotopic (exact) mass is 295 g/mol. The van der Waals surface area contributed by atoms with Crippen molar-refractivity contribution in [1.82, 2.24) is 14.7 Å². The summed E-state index contributed by atoms with van der Waals surface area (Å²) in [6.07, 6.45) is 1.86. The van der Waals surface area contributed by atoms with E-state index in [9.17, 15) is 4.79 Å². The van der Waals surface area contributed by atoms with Gasteiger partial charge < -0.3 is 14.8 Å². The molecule has 6 heteroatoms. The summed E-state index contributed by atoms with van der Waals surface area (Å²) in [6, 6.07) is 3.60. The van der Waals surface area contributed by atoms with Crippen LogP contribution in [0.15, 0.2) is 22.8 Å². The van der Waals surface area contributed by atoms with Gasteiger partial charge in [0.05, 0.1) is 5.52 Å². The van der Waals surface area contributed by atoms with Crippen LogP contribution >= 0.6 is 15.9 Å². The first-order chi connectivity index (χ1) is 8.16. The van der Waals surface area contributed by atoms with E-state index in [-0.39, 0.29) is 5.69 Å². The molecule has 1 saturated heterocycles. The van der Waals surface area contributed by atoms with Crippen molar-refractivity contribution < 1.29 is 9.90 Å². The lowest BCUT2D eigenvalue weighted by atomic mass is 10.0. The van der Waals surface area contributed by atoms with Crippen LogP contribution in [-0.4, -0.2) is 33.6 Å². The maximum atomic E-state index is 11.1. The van der Waals surface area contributed by atoms with Gasteiger partial charge in [-0.1, -0.05) is 0 Å². The second-order valence-electron chi connectivity index (χ2n) is 4.08. The molecule has 2 aromatic heterocycles. The first-order valence-corrected chi connectivity index (χ1v) is 6.07. The van der Waals surface area contributed by atoms with E-state index in [2.05, 4.69) is 26.2 Å². The molecule has 0 aliphatic carbocycles. The predicted octanol–water partition coefficient (Wildman–Crippen LogP) is 1.48. The van der Waals surface area contributed by atoms with Crippen LogP contribution < -0.4 is 5.32 Å². The van der Waals surface area contributed by atoms with Gasteiger partial charge in [-0.2, -0.15) is 0 Å². The average molecular weight is 296 g/mol. The summed E-state index contributed by atoms with van der Waals surface area (Å²) in [5.41, 5.74) is 0.766. The molecule has 0 bridgehead atoms. The van der Waals surface area contributed by atoms with Crippen LogP contribution in [0, 0.1) is 0 Å². The third-order valence-electron chi connectivity index (χ3n) is 2.98. The highest BCUT2D eigenvalue weighted by atomic mass is 79.9. The first kappa shape index (κ1) is 10.7. The average Bonchev–Trinajstić information content (AvgIpc) is 2.55. The van der Waals surface area contributed by atoms with E-state index in [1.54, 1.807) is 6.07 Å². The number of nitrogens with zero attached hydrogens (tertiary/aromatic N) is 2. The van der Waals surface area contributed by atoms with Crippen molar-refractivity contribution in [2.45, 2.75) is 5.92 Å². The van der Waals surface area contributed by atoms with E-state index >= 15 is 0 Å². The van der Waals surface area contributed by atoms with E-state index in [1.807, 2.05) is 16.7 Å². The summed E-state index contributed by atoms with van der Waals surface area (Å²) in [7, 11) is 0. The minimum absolute atomic E-state index is 0.124. The van der Waals surface area contributed by atoms with Gasteiger partial charge in [-0.15, -0.1) is 0 Å². The molecular formula is C11H10BrN3O2. The minimum Gasteiger partial charge on any atom is -0.476 e. The van der Waals surface area contributed by atoms with Crippen LogP contribution in [0.5, 0.6) is 0 Å². The zero-order chi connectivity index (χ0) is 12.0. The smallest absolute Gasteiger partial charge is 0.356 e. The largest absolute Gasteiger partial charge is 0.476 e. The van der Waals surface area contributed by atoms with Crippen molar-refractivity contribution in [3.05, 3.63) is 34.3 Å². The van der Waals surface area contributed by atoms with Crippen molar-refractivity contribution in [2.75, 3.05) is 13.1 Å². The Balaban J connectivity index is 2.26. The SMILES string of the molecule is O=C(O)c1nc(C2CNC2)n2cc(Br)ccc12. The van der Waals surface area contributed by atoms with Gasteiger partial charge >= 0.3 is 5.97 Å². The predicted molar refractivity (Wildman–Crippen MR) is 65.5 cm³/mol. The van der Waals surface area contributed by atoms with Gasteiger partial charge in [0.25, 0.3) is 0 Å². The number of carbonyl (C=O) groups is 1. The third kappa shape index (κ3) is 1.64. The highest BCUT2D eigenvalue weighted by molar-refractivity contribution is 9.10. The lowest BCUT2D eigenvalue weighted by Crippen LogP contribution is -2.40. The normalized spacial score (nSPS) is 16.1. The van der Waals surface area contributed by atoms with Crippen LogP contribution in [-0.2, 0) is 0 Å². The van der Waals surface area contributed by atoms with E-state index < -0.39 is 5.97 Å². The Hall–Kier alpha value is -1.40. The lowest BCUT2D eigenvalue weighted by molar-refractivity contribution is 0.0693. The van der Waals surface area contributed by atoms with E-state index in [0.29, 0.717) is 11.4 Å². The quantitative estimate of drug-likeness (QED) is 0.881. The molecule has 0 aromatic carbocycles. The maximum absolute atomic E-state index is 11.1.